The van der Waals surface area contributed by atoms with E-state index < -0.39 is 5.82 Å². The van der Waals surface area contributed by atoms with Gasteiger partial charge in [-0.05, 0) is 55.3 Å². The van der Waals surface area contributed by atoms with E-state index in [1.54, 1.807) is 24.3 Å². The lowest BCUT2D eigenvalue weighted by Crippen LogP contribution is -2.35. The Morgan fingerprint density at radius 3 is 2.70 bits per heavy atom. The average molecular weight is 366 g/mol. The van der Waals surface area contributed by atoms with Gasteiger partial charge in [-0.1, -0.05) is 5.16 Å². The summed E-state index contributed by atoms with van der Waals surface area (Å²) in [5.41, 5.74) is 1.44. The molecule has 0 radical (unpaired) electrons. The van der Waals surface area contributed by atoms with E-state index in [-0.39, 0.29) is 11.7 Å². The van der Waals surface area contributed by atoms with Crippen LogP contribution in [-0.4, -0.2) is 23.2 Å². The first-order valence-corrected chi connectivity index (χ1v) is 8.68. The van der Waals surface area contributed by atoms with Gasteiger partial charge in [0.05, 0.1) is 23.2 Å². The van der Waals surface area contributed by atoms with Crippen LogP contribution in [0.25, 0.3) is 11.4 Å². The van der Waals surface area contributed by atoms with Gasteiger partial charge < -0.3 is 9.42 Å². The van der Waals surface area contributed by atoms with Crippen LogP contribution in [0.2, 0.25) is 0 Å². The van der Waals surface area contributed by atoms with Crippen LogP contribution in [0.1, 0.15) is 30.2 Å². The van der Waals surface area contributed by atoms with Crippen LogP contribution in [0.15, 0.2) is 47.0 Å². The molecule has 1 aliphatic rings. The topological polar surface area (TPSA) is 66.0 Å². The van der Waals surface area contributed by atoms with Crippen LogP contribution in [0.4, 0.5) is 14.5 Å². The standard InChI is InChI=1S/C20H16F2N4O/c21-16-6-4-14(5-7-16)19-24-20(27-25-19)15-2-1-9-26(12-15)18-8-3-13(11-23)10-17(18)22/h3-8,10,15H,1-2,9,12H2/t15-/m1/s1. The maximum absolute atomic E-state index is 14.3. The lowest BCUT2D eigenvalue weighted by Gasteiger charge is -2.33. The number of piperidine rings is 1. The molecule has 0 bridgehead atoms. The fourth-order valence-electron chi connectivity index (χ4n) is 3.35. The molecule has 1 atom stereocenters. The molecule has 1 aliphatic heterocycles. The number of hydrogen-bond acceptors (Lipinski definition) is 5. The number of halogens is 2. The second-order valence-electron chi connectivity index (χ2n) is 6.53. The summed E-state index contributed by atoms with van der Waals surface area (Å²) in [4.78, 5) is 6.38. The van der Waals surface area contributed by atoms with Crippen LogP contribution >= 0.6 is 0 Å². The summed E-state index contributed by atoms with van der Waals surface area (Å²) in [6.07, 6.45) is 1.72. The van der Waals surface area contributed by atoms with Crippen molar-refractivity contribution in [2.45, 2.75) is 18.8 Å². The second kappa shape index (κ2) is 7.16. The Morgan fingerprint density at radius 2 is 1.96 bits per heavy atom. The quantitative estimate of drug-likeness (QED) is 0.692. The Balaban J connectivity index is 1.54. The molecular formula is C20H16F2N4O. The van der Waals surface area contributed by atoms with E-state index in [2.05, 4.69) is 10.1 Å². The highest BCUT2D eigenvalue weighted by atomic mass is 19.1. The third-order valence-electron chi connectivity index (χ3n) is 4.73. The van der Waals surface area contributed by atoms with Gasteiger partial charge in [-0.2, -0.15) is 10.2 Å². The summed E-state index contributed by atoms with van der Waals surface area (Å²) >= 11 is 0. The molecule has 2 heterocycles. The summed E-state index contributed by atoms with van der Waals surface area (Å²) in [5, 5.41) is 12.9. The van der Waals surface area contributed by atoms with Crippen molar-refractivity contribution >= 4 is 5.69 Å². The fourth-order valence-corrected chi connectivity index (χ4v) is 3.35. The first-order chi connectivity index (χ1) is 13.1. The minimum atomic E-state index is -0.410. The predicted octanol–water partition coefficient (Wildman–Crippen LogP) is 4.27. The number of nitrogens with zero attached hydrogens (tertiary/aromatic N) is 4. The fraction of sp³-hybridized carbons (Fsp3) is 0.250. The molecule has 2 aromatic carbocycles. The molecule has 0 saturated carbocycles. The van der Waals surface area contributed by atoms with Gasteiger partial charge in [0.15, 0.2) is 0 Å². The van der Waals surface area contributed by atoms with Gasteiger partial charge in [0.1, 0.15) is 11.6 Å². The molecular weight excluding hydrogens is 350 g/mol. The molecule has 136 valence electrons. The lowest BCUT2D eigenvalue weighted by atomic mass is 9.97. The molecule has 27 heavy (non-hydrogen) atoms. The molecule has 4 rings (SSSR count). The zero-order chi connectivity index (χ0) is 18.8. The molecule has 0 aliphatic carbocycles. The molecule has 7 heteroatoms. The van der Waals surface area contributed by atoms with Crippen LogP contribution in [0.5, 0.6) is 0 Å². The maximum Gasteiger partial charge on any atom is 0.231 e. The number of anilines is 1. The van der Waals surface area contributed by atoms with Gasteiger partial charge in [-0.3, -0.25) is 0 Å². The van der Waals surface area contributed by atoms with E-state index >= 15 is 0 Å². The first-order valence-electron chi connectivity index (χ1n) is 8.68. The van der Waals surface area contributed by atoms with E-state index in [1.165, 1.54) is 18.2 Å². The molecule has 1 saturated heterocycles. The zero-order valence-electron chi connectivity index (χ0n) is 14.4. The largest absolute Gasteiger partial charge is 0.368 e. The number of aromatic nitrogens is 2. The van der Waals surface area contributed by atoms with Gasteiger partial charge in [0.2, 0.25) is 11.7 Å². The van der Waals surface area contributed by atoms with E-state index in [9.17, 15) is 8.78 Å². The number of rotatable bonds is 3. The Bertz CT molecular complexity index is 994. The Labute approximate surface area is 154 Å². The van der Waals surface area contributed by atoms with Crippen molar-refractivity contribution < 1.29 is 13.3 Å². The summed E-state index contributed by atoms with van der Waals surface area (Å²) in [6.45, 7) is 1.27. The van der Waals surface area contributed by atoms with Crippen LogP contribution < -0.4 is 4.90 Å². The lowest BCUT2D eigenvalue weighted by molar-refractivity contribution is 0.333. The summed E-state index contributed by atoms with van der Waals surface area (Å²) < 4.78 is 32.8. The van der Waals surface area contributed by atoms with Crippen LogP contribution in [-0.2, 0) is 0 Å². The first kappa shape index (κ1) is 17.2. The Hall–Kier alpha value is -3.27. The Kier molecular flexibility index (Phi) is 4.55. The number of benzene rings is 2. The summed E-state index contributed by atoms with van der Waals surface area (Å²) in [7, 11) is 0. The molecule has 0 unspecified atom stereocenters. The summed E-state index contributed by atoms with van der Waals surface area (Å²) in [5.74, 6) is 0.150. The van der Waals surface area contributed by atoms with Crippen molar-refractivity contribution in [1.29, 1.82) is 5.26 Å². The highest BCUT2D eigenvalue weighted by Crippen LogP contribution is 2.31. The molecule has 5 nitrogen and oxygen atoms in total. The Morgan fingerprint density at radius 1 is 1.15 bits per heavy atom. The number of nitriles is 1. The minimum Gasteiger partial charge on any atom is -0.368 e. The predicted molar refractivity (Wildman–Crippen MR) is 95.0 cm³/mol. The van der Waals surface area contributed by atoms with Crippen molar-refractivity contribution in [3.63, 3.8) is 0 Å². The van der Waals surface area contributed by atoms with E-state index in [4.69, 9.17) is 9.78 Å². The molecule has 1 fully saturated rings. The van der Waals surface area contributed by atoms with Crippen molar-refractivity contribution in [2.75, 3.05) is 18.0 Å². The highest BCUT2D eigenvalue weighted by Gasteiger charge is 2.27. The van der Waals surface area contributed by atoms with Crippen molar-refractivity contribution in [1.82, 2.24) is 10.1 Å². The SMILES string of the molecule is N#Cc1ccc(N2CCC[C@@H](c3nc(-c4ccc(F)cc4)no3)C2)c(F)c1. The van der Waals surface area contributed by atoms with Gasteiger partial charge in [0.25, 0.3) is 0 Å². The van der Waals surface area contributed by atoms with Crippen LogP contribution in [0.3, 0.4) is 0 Å². The van der Waals surface area contributed by atoms with Crippen molar-refractivity contribution in [3.05, 3.63) is 65.6 Å². The third-order valence-corrected chi connectivity index (χ3v) is 4.73. The van der Waals surface area contributed by atoms with E-state index in [1.807, 2.05) is 11.0 Å². The molecule has 0 spiro atoms. The van der Waals surface area contributed by atoms with Crippen molar-refractivity contribution in [3.8, 4) is 17.5 Å². The smallest absolute Gasteiger partial charge is 0.231 e. The van der Waals surface area contributed by atoms with Crippen LogP contribution in [0, 0.1) is 23.0 Å². The molecule has 1 aromatic heterocycles. The van der Waals surface area contributed by atoms with Gasteiger partial charge in [-0.25, -0.2) is 8.78 Å². The normalized spacial score (nSPS) is 16.9. The highest BCUT2D eigenvalue weighted by molar-refractivity contribution is 5.54. The molecule has 0 N–H and O–H groups in total. The second-order valence-corrected chi connectivity index (χ2v) is 6.53. The summed E-state index contributed by atoms with van der Waals surface area (Å²) in [6, 6.07) is 12.3. The van der Waals surface area contributed by atoms with E-state index in [0.717, 1.165) is 19.4 Å². The van der Waals surface area contributed by atoms with Gasteiger partial charge >= 0.3 is 0 Å². The monoisotopic (exact) mass is 366 g/mol. The zero-order valence-corrected chi connectivity index (χ0v) is 14.4. The van der Waals surface area contributed by atoms with E-state index in [0.29, 0.717) is 35.1 Å². The molecule has 0 amide bonds. The average Bonchev–Trinajstić information content (AvgIpc) is 3.19. The maximum atomic E-state index is 14.3. The molecule has 3 aromatic rings. The minimum absolute atomic E-state index is 0.0181. The van der Waals surface area contributed by atoms with Gasteiger partial charge in [-0.15, -0.1) is 0 Å². The third kappa shape index (κ3) is 3.51. The van der Waals surface area contributed by atoms with Crippen molar-refractivity contribution in [2.24, 2.45) is 0 Å². The number of hydrogen-bond donors (Lipinski definition) is 0. The van der Waals surface area contributed by atoms with Gasteiger partial charge in [0, 0.05) is 18.7 Å².